The van der Waals surface area contributed by atoms with E-state index in [1.54, 1.807) is 0 Å². The maximum atomic E-state index is 11.3. The van der Waals surface area contributed by atoms with Gasteiger partial charge in [-0.25, -0.2) is 0 Å². The fourth-order valence-electron chi connectivity index (χ4n) is 2.15. The zero-order valence-corrected chi connectivity index (χ0v) is 11.9. The highest BCUT2D eigenvalue weighted by molar-refractivity contribution is 5.84. The number of nitrogens with zero attached hydrogens (tertiary/aromatic N) is 1. The third-order valence-electron chi connectivity index (χ3n) is 3.31. The number of benzene rings is 1. The van der Waals surface area contributed by atoms with Gasteiger partial charge < -0.3 is 4.74 Å². The second-order valence-corrected chi connectivity index (χ2v) is 5.11. The van der Waals surface area contributed by atoms with Crippen LogP contribution < -0.4 is 0 Å². The number of pyridine rings is 1. The van der Waals surface area contributed by atoms with Gasteiger partial charge >= 0.3 is 5.97 Å². The van der Waals surface area contributed by atoms with E-state index < -0.39 is 0 Å². The molecule has 100 valence electrons. The minimum absolute atomic E-state index is 0.221. The van der Waals surface area contributed by atoms with Crippen molar-refractivity contribution in [2.75, 3.05) is 7.11 Å². The smallest absolute Gasteiger partial charge is 0.311 e. The van der Waals surface area contributed by atoms with Gasteiger partial charge in [0, 0.05) is 5.39 Å². The number of ether oxygens (including phenoxy) is 1. The highest BCUT2D eigenvalue weighted by atomic mass is 16.5. The molecule has 3 nitrogen and oxygen atoms in total. The molecule has 1 aromatic heterocycles. The van der Waals surface area contributed by atoms with Gasteiger partial charge in [0.1, 0.15) is 0 Å². The largest absolute Gasteiger partial charge is 0.469 e. The van der Waals surface area contributed by atoms with Crippen molar-refractivity contribution in [3.8, 4) is 0 Å². The summed E-state index contributed by atoms with van der Waals surface area (Å²) in [6.45, 7) is 6.40. The number of carbonyl (C=O) groups excluding carboxylic acids is 1. The highest BCUT2D eigenvalue weighted by Crippen LogP contribution is 2.23. The first-order valence-corrected chi connectivity index (χ1v) is 6.48. The van der Waals surface area contributed by atoms with Gasteiger partial charge in [0.2, 0.25) is 0 Å². The van der Waals surface area contributed by atoms with Crippen LogP contribution >= 0.6 is 0 Å². The number of rotatable bonds is 3. The van der Waals surface area contributed by atoms with Crippen LogP contribution in [0.25, 0.3) is 10.9 Å². The zero-order chi connectivity index (χ0) is 14.0. The Morgan fingerprint density at radius 3 is 2.68 bits per heavy atom. The Morgan fingerprint density at radius 1 is 1.32 bits per heavy atom. The molecule has 0 spiro atoms. The van der Waals surface area contributed by atoms with E-state index in [0.717, 1.165) is 22.2 Å². The number of fused-ring (bicyclic) bond motifs is 1. The standard InChI is InChI=1S/C16H19NO2/c1-10(2)12-5-6-15-14(8-12)11(3)7-13(17-15)9-16(18)19-4/h5-8,10H,9H2,1-4H3. The molecule has 3 heteroatoms. The summed E-state index contributed by atoms with van der Waals surface area (Å²) in [6, 6.07) is 8.27. The summed E-state index contributed by atoms with van der Waals surface area (Å²) < 4.78 is 4.68. The maximum Gasteiger partial charge on any atom is 0.311 e. The molecule has 0 fully saturated rings. The molecule has 0 saturated heterocycles. The topological polar surface area (TPSA) is 39.2 Å². The number of aromatic nitrogens is 1. The fourth-order valence-corrected chi connectivity index (χ4v) is 2.15. The van der Waals surface area contributed by atoms with Crippen LogP contribution in [0.3, 0.4) is 0 Å². The van der Waals surface area contributed by atoms with Crippen LogP contribution in [0.1, 0.15) is 36.6 Å². The quantitative estimate of drug-likeness (QED) is 0.791. The Morgan fingerprint density at radius 2 is 2.05 bits per heavy atom. The van der Waals surface area contributed by atoms with Crippen molar-refractivity contribution < 1.29 is 9.53 Å². The van der Waals surface area contributed by atoms with Crippen LogP contribution in [-0.2, 0) is 16.0 Å². The summed E-state index contributed by atoms with van der Waals surface area (Å²) >= 11 is 0. The normalized spacial score (nSPS) is 11.0. The zero-order valence-electron chi connectivity index (χ0n) is 11.9. The van der Waals surface area contributed by atoms with Gasteiger partial charge in [-0.3, -0.25) is 9.78 Å². The second kappa shape index (κ2) is 5.39. The predicted octanol–water partition coefficient (Wildman–Crippen LogP) is 3.38. The minimum atomic E-state index is -0.259. The van der Waals surface area contributed by atoms with E-state index >= 15 is 0 Å². The van der Waals surface area contributed by atoms with Crippen molar-refractivity contribution in [1.82, 2.24) is 4.98 Å². The molecule has 0 bridgehead atoms. The summed E-state index contributed by atoms with van der Waals surface area (Å²) in [7, 11) is 1.39. The second-order valence-electron chi connectivity index (χ2n) is 5.11. The summed E-state index contributed by atoms with van der Waals surface area (Å²) in [6.07, 6.45) is 0.221. The third kappa shape index (κ3) is 2.92. The first-order valence-electron chi connectivity index (χ1n) is 6.48. The Hall–Kier alpha value is -1.90. The van der Waals surface area contributed by atoms with Crippen LogP contribution in [0.5, 0.6) is 0 Å². The number of aryl methyl sites for hydroxylation is 1. The summed E-state index contributed by atoms with van der Waals surface area (Å²) in [5.74, 6) is 0.239. The molecule has 0 aliphatic heterocycles. The van der Waals surface area contributed by atoms with Crippen molar-refractivity contribution >= 4 is 16.9 Å². The highest BCUT2D eigenvalue weighted by Gasteiger charge is 2.09. The molecule has 0 saturated carbocycles. The van der Waals surface area contributed by atoms with E-state index in [2.05, 4.69) is 42.6 Å². The number of esters is 1. The number of hydrogen-bond donors (Lipinski definition) is 0. The van der Waals surface area contributed by atoms with Crippen LogP contribution in [0, 0.1) is 6.92 Å². The fraction of sp³-hybridized carbons (Fsp3) is 0.375. The van der Waals surface area contributed by atoms with Gasteiger partial charge in [-0.2, -0.15) is 0 Å². The Bertz CT molecular complexity index is 617. The monoisotopic (exact) mass is 257 g/mol. The lowest BCUT2D eigenvalue weighted by Crippen LogP contribution is -2.06. The molecule has 19 heavy (non-hydrogen) atoms. The Labute approximate surface area is 113 Å². The van der Waals surface area contributed by atoms with E-state index in [0.29, 0.717) is 5.92 Å². The van der Waals surface area contributed by atoms with Crippen LogP contribution in [0.4, 0.5) is 0 Å². The van der Waals surface area contributed by atoms with Crippen molar-refractivity contribution in [2.45, 2.75) is 33.1 Å². The third-order valence-corrected chi connectivity index (χ3v) is 3.31. The van der Waals surface area contributed by atoms with Gasteiger partial charge in [-0.1, -0.05) is 19.9 Å². The van der Waals surface area contributed by atoms with Crippen molar-refractivity contribution in [3.63, 3.8) is 0 Å². The summed E-state index contributed by atoms with van der Waals surface area (Å²) in [5.41, 5.74) is 4.14. The molecular weight excluding hydrogens is 238 g/mol. The van der Waals surface area contributed by atoms with Crippen molar-refractivity contribution in [3.05, 3.63) is 41.1 Å². The van der Waals surface area contributed by atoms with Crippen LogP contribution in [-0.4, -0.2) is 18.1 Å². The van der Waals surface area contributed by atoms with E-state index in [-0.39, 0.29) is 12.4 Å². The Kier molecular flexibility index (Phi) is 3.84. The molecule has 2 aromatic rings. The van der Waals surface area contributed by atoms with Gasteiger partial charge in [0.15, 0.2) is 0 Å². The van der Waals surface area contributed by atoms with E-state index in [4.69, 9.17) is 0 Å². The molecule has 0 atom stereocenters. The SMILES string of the molecule is COC(=O)Cc1cc(C)c2cc(C(C)C)ccc2n1. The van der Waals surface area contributed by atoms with Gasteiger partial charge in [0.25, 0.3) is 0 Å². The molecule has 2 rings (SSSR count). The van der Waals surface area contributed by atoms with E-state index in [1.807, 2.05) is 12.1 Å². The number of hydrogen-bond acceptors (Lipinski definition) is 3. The van der Waals surface area contributed by atoms with Crippen molar-refractivity contribution in [1.29, 1.82) is 0 Å². The Balaban J connectivity index is 2.47. The lowest BCUT2D eigenvalue weighted by atomic mass is 9.99. The van der Waals surface area contributed by atoms with Gasteiger partial charge in [0.05, 0.1) is 24.7 Å². The molecule has 1 heterocycles. The molecule has 0 aliphatic rings. The molecule has 0 N–H and O–H groups in total. The first-order chi connectivity index (χ1) is 9.01. The van der Waals surface area contributed by atoms with E-state index in [1.165, 1.54) is 12.7 Å². The molecule has 1 aromatic carbocycles. The molecule has 0 unspecified atom stereocenters. The lowest BCUT2D eigenvalue weighted by molar-refractivity contribution is -0.139. The molecule has 0 radical (unpaired) electrons. The molecule has 0 aliphatic carbocycles. The van der Waals surface area contributed by atoms with Crippen LogP contribution in [0.2, 0.25) is 0 Å². The lowest BCUT2D eigenvalue weighted by Gasteiger charge is -2.10. The number of carbonyl (C=O) groups is 1. The average Bonchev–Trinajstić information content (AvgIpc) is 2.38. The van der Waals surface area contributed by atoms with Crippen LogP contribution in [0.15, 0.2) is 24.3 Å². The molecule has 0 amide bonds. The number of methoxy groups -OCH3 is 1. The van der Waals surface area contributed by atoms with Crippen molar-refractivity contribution in [2.24, 2.45) is 0 Å². The van der Waals surface area contributed by atoms with Gasteiger partial charge in [-0.15, -0.1) is 0 Å². The van der Waals surface area contributed by atoms with Gasteiger partial charge in [-0.05, 0) is 42.2 Å². The molecular formula is C16H19NO2. The summed E-state index contributed by atoms with van der Waals surface area (Å²) in [5, 5.41) is 1.15. The summed E-state index contributed by atoms with van der Waals surface area (Å²) in [4.78, 5) is 15.8. The maximum absolute atomic E-state index is 11.3. The van der Waals surface area contributed by atoms with E-state index in [9.17, 15) is 4.79 Å². The minimum Gasteiger partial charge on any atom is -0.469 e. The predicted molar refractivity (Wildman–Crippen MR) is 76.3 cm³/mol. The first kappa shape index (κ1) is 13.5. The average molecular weight is 257 g/mol.